The summed E-state index contributed by atoms with van der Waals surface area (Å²) in [4.78, 5) is 6.81. The molecule has 0 spiro atoms. The van der Waals surface area contributed by atoms with Crippen molar-refractivity contribution in [3.05, 3.63) is 16.1 Å². The summed E-state index contributed by atoms with van der Waals surface area (Å²) in [5.41, 5.74) is 1.16. The Balaban J connectivity index is 2.49. The quantitative estimate of drug-likeness (QED) is 0.847. The highest BCUT2D eigenvalue weighted by Crippen LogP contribution is 2.16. The summed E-state index contributed by atoms with van der Waals surface area (Å²) in [6, 6.07) is 0.901. The molecule has 1 heterocycles. The minimum Gasteiger partial charge on any atom is -0.307 e. The molecule has 0 radical (unpaired) electrons. The van der Waals surface area contributed by atoms with Crippen molar-refractivity contribution in [2.75, 3.05) is 20.6 Å². The summed E-state index contributed by atoms with van der Waals surface area (Å²) in [5.74, 6) is 0.655. The van der Waals surface area contributed by atoms with Crippen LogP contribution < -0.4 is 5.32 Å². The molecule has 1 N–H and O–H groups in total. The Bertz CT molecular complexity index is 325. The van der Waals surface area contributed by atoms with E-state index in [0.29, 0.717) is 18.0 Å². The van der Waals surface area contributed by atoms with Gasteiger partial charge >= 0.3 is 0 Å². The van der Waals surface area contributed by atoms with Crippen LogP contribution in [-0.2, 0) is 0 Å². The minimum atomic E-state index is 0.334. The van der Waals surface area contributed by atoms with E-state index >= 15 is 0 Å². The second kappa shape index (κ2) is 6.47. The fourth-order valence-corrected chi connectivity index (χ4v) is 2.70. The Hall–Kier alpha value is -0.450. The summed E-state index contributed by atoms with van der Waals surface area (Å²) in [6.45, 7) is 9.77. The highest BCUT2D eigenvalue weighted by molar-refractivity contribution is 7.09. The fraction of sp³-hybridized carbons (Fsp3) is 0.769. The zero-order valence-corrected chi connectivity index (χ0v) is 12.6. The van der Waals surface area contributed by atoms with Crippen molar-refractivity contribution in [2.45, 2.75) is 39.8 Å². The second-order valence-corrected chi connectivity index (χ2v) is 6.26. The maximum absolute atomic E-state index is 4.52. The third-order valence-electron chi connectivity index (χ3n) is 3.15. The van der Waals surface area contributed by atoms with Gasteiger partial charge in [0, 0.05) is 24.0 Å². The van der Waals surface area contributed by atoms with Gasteiger partial charge in [-0.1, -0.05) is 13.8 Å². The Morgan fingerprint density at radius 3 is 2.41 bits per heavy atom. The van der Waals surface area contributed by atoms with Gasteiger partial charge in [-0.3, -0.25) is 0 Å². The van der Waals surface area contributed by atoms with E-state index in [0.717, 1.165) is 17.2 Å². The maximum Gasteiger partial charge on any atom is 0.0898 e. The molecule has 1 rings (SSSR count). The molecule has 0 bridgehead atoms. The first-order valence-electron chi connectivity index (χ1n) is 6.23. The lowest BCUT2D eigenvalue weighted by molar-refractivity contribution is 0.219. The third kappa shape index (κ3) is 4.37. The number of rotatable bonds is 6. The molecule has 98 valence electrons. The number of hydrogen-bond donors (Lipinski definition) is 1. The Morgan fingerprint density at radius 1 is 1.35 bits per heavy atom. The lowest BCUT2D eigenvalue weighted by Gasteiger charge is -2.29. The molecule has 0 amide bonds. The smallest absolute Gasteiger partial charge is 0.0898 e. The Morgan fingerprint density at radius 2 is 2.00 bits per heavy atom. The van der Waals surface area contributed by atoms with Crippen molar-refractivity contribution in [3.8, 4) is 0 Å². The number of nitrogens with one attached hydrogen (secondary N) is 1. The van der Waals surface area contributed by atoms with Crippen molar-refractivity contribution < 1.29 is 0 Å². The van der Waals surface area contributed by atoms with E-state index in [4.69, 9.17) is 0 Å². The van der Waals surface area contributed by atoms with Crippen LogP contribution in [0.5, 0.6) is 0 Å². The molecule has 0 aliphatic rings. The van der Waals surface area contributed by atoms with Crippen molar-refractivity contribution >= 4 is 11.3 Å². The maximum atomic E-state index is 4.52. The van der Waals surface area contributed by atoms with Gasteiger partial charge < -0.3 is 10.2 Å². The van der Waals surface area contributed by atoms with Gasteiger partial charge in [0.15, 0.2) is 0 Å². The standard InChI is InChI=1S/C13H25N3S/c1-9(2)13(16(5)6)7-14-10(3)12-8-17-11(4)15-12/h8-10,13-14H,7H2,1-6H3. The highest BCUT2D eigenvalue weighted by atomic mass is 32.1. The molecule has 0 aliphatic heterocycles. The Kier molecular flexibility index (Phi) is 5.56. The molecule has 0 aromatic carbocycles. The van der Waals surface area contributed by atoms with Gasteiger partial charge in [0.25, 0.3) is 0 Å². The molecule has 2 atom stereocenters. The number of nitrogens with zero attached hydrogens (tertiary/aromatic N) is 2. The summed E-state index contributed by atoms with van der Waals surface area (Å²) in [6.07, 6.45) is 0. The molecule has 0 aliphatic carbocycles. The molecule has 1 aromatic heterocycles. The van der Waals surface area contributed by atoms with Crippen LogP contribution >= 0.6 is 11.3 Å². The van der Waals surface area contributed by atoms with E-state index < -0.39 is 0 Å². The van der Waals surface area contributed by atoms with Gasteiger partial charge in [0.1, 0.15) is 0 Å². The lowest BCUT2D eigenvalue weighted by Crippen LogP contribution is -2.42. The molecular formula is C13H25N3S. The van der Waals surface area contributed by atoms with Crippen LogP contribution in [0.25, 0.3) is 0 Å². The van der Waals surface area contributed by atoms with Crippen LogP contribution in [0.1, 0.15) is 37.5 Å². The number of hydrogen-bond acceptors (Lipinski definition) is 4. The molecule has 3 nitrogen and oxygen atoms in total. The summed E-state index contributed by atoms with van der Waals surface area (Å²) >= 11 is 1.72. The predicted octanol–water partition coefficient (Wildman–Crippen LogP) is 2.69. The fourth-order valence-electron chi connectivity index (χ4n) is 2.00. The van der Waals surface area contributed by atoms with Crippen LogP contribution in [-0.4, -0.2) is 36.6 Å². The number of aryl methyl sites for hydroxylation is 1. The molecule has 1 aromatic rings. The summed E-state index contributed by atoms with van der Waals surface area (Å²) < 4.78 is 0. The lowest BCUT2D eigenvalue weighted by atomic mass is 10.0. The first kappa shape index (κ1) is 14.6. The normalized spacial score (nSPS) is 15.5. The monoisotopic (exact) mass is 255 g/mol. The van der Waals surface area contributed by atoms with Gasteiger partial charge in [0.05, 0.1) is 10.7 Å². The van der Waals surface area contributed by atoms with Crippen molar-refractivity contribution in [2.24, 2.45) is 5.92 Å². The summed E-state index contributed by atoms with van der Waals surface area (Å²) in [5, 5.41) is 6.86. The zero-order chi connectivity index (χ0) is 13.0. The largest absolute Gasteiger partial charge is 0.307 e. The number of thiazole rings is 1. The molecule has 4 heteroatoms. The molecule has 2 unspecified atom stereocenters. The molecule has 0 saturated carbocycles. The minimum absolute atomic E-state index is 0.334. The highest BCUT2D eigenvalue weighted by Gasteiger charge is 2.17. The van der Waals surface area contributed by atoms with Gasteiger partial charge in [0.2, 0.25) is 0 Å². The van der Waals surface area contributed by atoms with E-state index in [2.05, 4.69) is 62.4 Å². The average Bonchev–Trinajstić information content (AvgIpc) is 2.63. The Labute approximate surface area is 109 Å². The average molecular weight is 255 g/mol. The van der Waals surface area contributed by atoms with Crippen molar-refractivity contribution in [1.82, 2.24) is 15.2 Å². The van der Waals surface area contributed by atoms with Crippen LogP contribution in [0.2, 0.25) is 0 Å². The van der Waals surface area contributed by atoms with E-state index in [9.17, 15) is 0 Å². The third-order valence-corrected chi connectivity index (χ3v) is 3.94. The SMILES string of the molecule is Cc1nc(C(C)NCC(C(C)C)N(C)C)cs1. The van der Waals surface area contributed by atoms with Crippen LogP contribution in [0.4, 0.5) is 0 Å². The zero-order valence-electron chi connectivity index (χ0n) is 11.8. The van der Waals surface area contributed by atoms with E-state index in [-0.39, 0.29) is 0 Å². The van der Waals surface area contributed by atoms with Crippen LogP contribution in [0, 0.1) is 12.8 Å². The summed E-state index contributed by atoms with van der Waals surface area (Å²) in [7, 11) is 4.29. The molecule has 0 fully saturated rings. The van der Waals surface area contributed by atoms with Crippen molar-refractivity contribution in [3.63, 3.8) is 0 Å². The van der Waals surface area contributed by atoms with Gasteiger partial charge in [-0.05, 0) is 33.9 Å². The van der Waals surface area contributed by atoms with Gasteiger partial charge in [-0.25, -0.2) is 4.98 Å². The van der Waals surface area contributed by atoms with Gasteiger partial charge in [-0.2, -0.15) is 0 Å². The number of likely N-dealkylation sites (N-methyl/N-ethyl adjacent to an activating group) is 1. The van der Waals surface area contributed by atoms with Crippen LogP contribution in [0.3, 0.4) is 0 Å². The van der Waals surface area contributed by atoms with E-state index in [1.807, 2.05) is 0 Å². The van der Waals surface area contributed by atoms with Gasteiger partial charge in [-0.15, -0.1) is 11.3 Å². The first-order chi connectivity index (χ1) is 7.91. The topological polar surface area (TPSA) is 28.2 Å². The molecule has 0 saturated heterocycles. The first-order valence-corrected chi connectivity index (χ1v) is 7.11. The molecule has 17 heavy (non-hydrogen) atoms. The van der Waals surface area contributed by atoms with Crippen LogP contribution in [0.15, 0.2) is 5.38 Å². The second-order valence-electron chi connectivity index (χ2n) is 5.20. The van der Waals surface area contributed by atoms with Crippen molar-refractivity contribution in [1.29, 1.82) is 0 Å². The molecular weight excluding hydrogens is 230 g/mol. The predicted molar refractivity (Wildman–Crippen MR) is 75.6 cm³/mol. The van der Waals surface area contributed by atoms with E-state index in [1.165, 1.54) is 0 Å². The van der Waals surface area contributed by atoms with E-state index in [1.54, 1.807) is 11.3 Å². The number of aromatic nitrogens is 1.